The average molecular weight is 575 g/mol. The lowest BCUT2D eigenvalue weighted by Gasteiger charge is -2.38. The molecule has 1 aliphatic carbocycles. The molecule has 1 aromatic heterocycles. The Morgan fingerprint density at radius 3 is 2.67 bits per heavy atom. The van der Waals surface area contributed by atoms with Crippen molar-refractivity contribution in [2.75, 3.05) is 38.6 Å². The number of anilines is 1. The van der Waals surface area contributed by atoms with Gasteiger partial charge in [0, 0.05) is 55.4 Å². The van der Waals surface area contributed by atoms with Crippen LogP contribution in [0, 0.1) is 11.8 Å². The van der Waals surface area contributed by atoms with Crippen molar-refractivity contribution in [2.24, 2.45) is 18.9 Å². The van der Waals surface area contributed by atoms with Gasteiger partial charge in [0.2, 0.25) is 5.91 Å². The van der Waals surface area contributed by atoms with Crippen LogP contribution in [0.3, 0.4) is 0 Å². The van der Waals surface area contributed by atoms with Crippen molar-refractivity contribution in [1.29, 1.82) is 0 Å². The predicted octanol–water partition coefficient (Wildman–Crippen LogP) is 5.09. The molecule has 2 N–H and O–H groups in total. The largest absolute Gasteiger partial charge is 0.488 e. The number of hydrogen-bond donors (Lipinski definition) is 2. The maximum Gasteiger partial charge on any atom is 0.258 e. The predicted molar refractivity (Wildman–Crippen MR) is 167 cm³/mol. The van der Waals surface area contributed by atoms with E-state index in [2.05, 4.69) is 24.2 Å². The lowest BCUT2D eigenvalue weighted by atomic mass is 9.89. The first kappa shape index (κ1) is 30.1. The number of fused-ring (bicyclic) bond motifs is 2. The Morgan fingerprint density at radius 1 is 1.14 bits per heavy atom. The third-order valence-corrected chi connectivity index (χ3v) is 9.07. The second kappa shape index (κ2) is 13.3. The molecule has 2 amide bonds. The Morgan fingerprint density at radius 2 is 1.90 bits per heavy atom. The van der Waals surface area contributed by atoms with E-state index in [1.165, 1.54) is 32.1 Å². The van der Waals surface area contributed by atoms with Gasteiger partial charge in [-0.15, -0.1) is 0 Å². The van der Waals surface area contributed by atoms with E-state index in [9.17, 15) is 14.7 Å². The Balaban J connectivity index is 1.35. The van der Waals surface area contributed by atoms with Gasteiger partial charge in [0.15, 0.2) is 0 Å². The molecule has 8 heteroatoms. The molecular formula is C34H46N4O4. The van der Waals surface area contributed by atoms with Gasteiger partial charge in [-0.3, -0.25) is 9.59 Å². The number of aliphatic hydroxyl groups is 1. The minimum Gasteiger partial charge on any atom is -0.488 e. The lowest BCUT2D eigenvalue weighted by molar-refractivity contribution is -0.115. The Labute approximate surface area is 249 Å². The van der Waals surface area contributed by atoms with Gasteiger partial charge in [0.05, 0.1) is 24.6 Å². The monoisotopic (exact) mass is 574 g/mol. The smallest absolute Gasteiger partial charge is 0.258 e. The molecule has 1 aliphatic heterocycles. The molecule has 5 rings (SSSR count). The van der Waals surface area contributed by atoms with Gasteiger partial charge in [0.25, 0.3) is 5.91 Å². The first-order valence-electron chi connectivity index (χ1n) is 15.5. The van der Waals surface area contributed by atoms with Crippen LogP contribution in [0.25, 0.3) is 10.9 Å². The number of carbonyl (C=O) groups excluding carboxylic acids is 2. The zero-order valence-corrected chi connectivity index (χ0v) is 25.5. The fourth-order valence-corrected chi connectivity index (χ4v) is 6.66. The van der Waals surface area contributed by atoms with Crippen LogP contribution in [0.2, 0.25) is 0 Å². The molecule has 1 fully saturated rings. The number of hydrogen-bond acceptors (Lipinski definition) is 5. The van der Waals surface area contributed by atoms with Crippen molar-refractivity contribution >= 4 is 28.4 Å². The van der Waals surface area contributed by atoms with Crippen LogP contribution in [-0.4, -0.2) is 76.7 Å². The molecular weight excluding hydrogens is 528 g/mol. The number of aryl methyl sites for hydroxylation is 1. The van der Waals surface area contributed by atoms with Gasteiger partial charge in [-0.05, 0) is 62.6 Å². The Kier molecular flexibility index (Phi) is 9.53. The van der Waals surface area contributed by atoms with Gasteiger partial charge >= 0.3 is 0 Å². The van der Waals surface area contributed by atoms with Crippen LogP contribution in [0.15, 0.2) is 48.7 Å². The highest BCUT2D eigenvalue weighted by Crippen LogP contribution is 2.31. The molecule has 3 aromatic rings. The molecule has 2 aromatic carbocycles. The van der Waals surface area contributed by atoms with Crippen LogP contribution in [0.4, 0.5) is 5.69 Å². The van der Waals surface area contributed by atoms with Crippen molar-refractivity contribution in [3.05, 3.63) is 59.8 Å². The standard InChI is InChI=1S/C34H46N4O4/c1-23-18-38(24(2)22-39)34(41)29-17-27(35-33(40)16-26-20-37(4)30-13-9-8-12-28(26)30)14-15-31(29)42-32(23)21-36(3)19-25-10-6-5-7-11-25/h8-9,12-15,17,20,23-25,32,39H,5-7,10-11,16,18-19,21-22H2,1-4H3,(H,35,40)/t23-,24+,32+/m1/s1. The molecule has 0 unspecified atom stereocenters. The first-order chi connectivity index (χ1) is 20.2. The molecule has 0 radical (unpaired) electrons. The zero-order chi connectivity index (χ0) is 29.8. The molecule has 1 saturated carbocycles. The van der Waals surface area contributed by atoms with Crippen LogP contribution >= 0.6 is 0 Å². The van der Waals surface area contributed by atoms with Crippen molar-refractivity contribution < 1.29 is 19.4 Å². The SMILES string of the molecule is C[C@@H]1CN([C@@H](C)CO)C(=O)c2cc(NC(=O)Cc3cn(C)c4ccccc34)ccc2O[C@H]1CN(C)CC1CCCCC1. The zero-order valence-electron chi connectivity index (χ0n) is 25.5. The second-order valence-corrected chi connectivity index (χ2v) is 12.6. The number of benzene rings is 2. The van der Waals surface area contributed by atoms with Crippen LogP contribution in [-0.2, 0) is 18.3 Å². The summed E-state index contributed by atoms with van der Waals surface area (Å²) in [5, 5.41) is 14.0. The van der Waals surface area contributed by atoms with Gasteiger partial charge < -0.3 is 29.5 Å². The highest BCUT2D eigenvalue weighted by atomic mass is 16.5. The molecule has 8 nitrogen and oxygen atoms in total. The van der Waals surface area contributed by atoms with E-state index in [1.54, 1.807) is 17.0 Å². The maximum absolute atomic E-state index is 13.8. The summed E-state index contributed by atoms with van der Waals surface area (Å²) in [6, 6.07) is 13.0. The average Bonchev–Trinajstić information content (AvgIpc) is 3.29. The fourth-order valence-electron chi connectivity index (χ4n) is 6.66. The Hall–Kier alpha value is -3.36. The number of ether oxygens (including phenoxy) is 1. The summed E-state index contributed by atoms with van der Waals surface area (Å²) in [6.45, 7) is 6.16. The van der Waals surface area contributed by atoms with Gasteiger partial charge in [-0.2, -0.15) is 0 Å². The molecule has 2 heterocycles. The summed E-state index contributed by atoms with van der Waals surface area (Å²) in [4.78, 5) is 31.1. The van der Waals surface area contributed by atoms with Crippen molar-refractivity contribution in [2.45, 2.75) is 64.5 Å². The van der Waals surface area contributed by atoms with E-state index in [1.807, 2.05) is 55.1 Å². The quantitative estimate of drug-likeness (QED) is 0.372. The van der Waals surface area contributed by atoms with Gasteiger partial charge in [-0.1, -0.05) is 44.4 Å². The van der Waals surface area contributed by atoms with E-state index in [4.69, 9.17) is 4.74 Å². The minimum absolute atomic E-state index is 0.0741. The molecule has 226 valence electrons. The summed E-state index contributed by atoms with van der Waals surface area (Å²) in [5.41, 5.74) is 2.99. The normalized spacial score (nSPS) is 20.6. The summed E-state index contributed by atoms with van der Waals surface area (Å²) in [7, 11) is 4.14. The van der Waals surface area contributed by atoms with E-state index in [0.29, 0.717) is 23.5 Å². The van der Waals surface area contributed by atoms with Gasteiger partial charge in [0.1, 0.15) is 11.9 Å². The van der Waals surface area contributed by atoms with E-state index in [-0.39, 0.29) is 42.9 Å². The first-order valence-corrected chi connectivity index (χ1v) is 15.5. The van der Waals surface area contributed by atoms with Crippen molar-refractivity contribution in [3.8, 4) is 5.75 Å². The van der Waals surface area contributed by atoms with E-state index < -0.39 is 0 Å². The van der Waals surface area contributed by atoms with Crippen LogP contribution < -0.4 is 10.1 Å². The summed E-state index contributed by atoms with van der Waals surface area (Å²) < 4.78 is 8.61. The number of likely N-dealkylation sites (N-methyl/N-ethyl adjacent to an activating group) is 1. The molecule has 3 atom stereocenters. The lowest BCUT2D eigenvalue weighted by Crippen LogP contribution is -2.50. The van der Waals surface area contributed by atoms with Crippen LogP contribution in [0.1, 0.15) is 61.9 Å². The third-order valence-electron chi connectivity index (χ3n) is 9.07. The third kappa shape index (κ3) is 6.81. The number of nitrogens with zero attached hydrogens (tertiary/aromatic N) is 3. The molecule has 0 saturated heterocycles. The summed E-state index contributed by atoms with van der Waals surface area (Å²) in [6.07, 6.45) is 8.66. The number of para-hydroxylation sites is 1. The molecule has 2 aliphatic rings. The van der Waals surface area contributed by atoms with Gasteiger partial charge in [-0.25, -0.2) is 0 Å². The number of aliphatic hydroxyl groups excluding tert-OH is 1. The second-order valence-electron chi connectivity index (χ2n) is 12.6. The molecule has 42 heavy (non-hydrogen) atoms. The highest BCUT2D eigenvalue weighted by molar-refractivity contribution is 6.00. The summed E-state index contributed by atoms with van der Waals surface area (Å²) >= 11 is 0. The van der Waals surface area contributed by atoms with E-state index >= 15 is 0 Å². The number of carbonyl (C=O) groups is 2. The van der Waals surface area contributed by atoms with Crippen LogP contribution in [0.5, 0.6) is 5.75 Å². The fraction of sp³-hybridized carbons (Fsp3) is 0.529. The topological polar surface area (TPSA) is 87.0 Å². The summed E-state index contributed by atoms with van der Waals surface area (Å²) in [5.74, 6) is 0.974. The number of nitrogens with one attached hydrogen (secondary N) is 1. The highest BCUT2D eigenvalue weighted by Gasteiger charge is 2.34. The number of rotatable bonds is 9. The molecule has 0 bridgehead atoms. The van der Waals surface area contributed by atoms with Crippen molar-refractivity contribution in [1.82, 2.24) is 14.4 Å². The molecule has 0 spiro atoms. The maximum atomic E-state index is 13.8. The minimum atomic E-state index is -0.337. The number of aromatic nitrogens is 1. The van der Waals surface area contributed by atoms with E-state index in [0.717, 1.165) is 35.5 Å². The Bertz CT molecular complexity index is 1400. The number of amides is 2. The van der Waals surface area contributed by atoms with Crippen molar-refractivity contribution in [3.63, 3.8) is 0 Å².